The average molecular weight is 454 g/mol. The second-order valence-corrected chi connectivity index (χ2v) is 9.41. The molecule has 170 valence electrons. The van der Waals surface area contributed by atoms with Crippen molar-refractivity contribution in [3.05, 3.63) is 65.5 Å². The number of nitrogens with one attached hydrogen (secondary N) is 1. The summed E-state index contributed by atoms with van der Waals surface area (Å²) in [6, 6.07) is 12.1. The third-order valence-corrected chi connectivity index (χ3v) is 7.28. The number of rotatable bonds is 7. The number of nitrogens with zero attached hydrogens (tertiary/aromatic N) is 2. The zero-order valence-electron chi connectivity index (χ0n) is 18.8. The van der Waals surface area contributed by atoms with Gasteiger partial charge in [0.1, 0.15) is 0 Å². The van der Waals surface area contributed by atoms with E-state index in [1.807, 2.05) is 42.5 Å². The number of carbonyl (C=O) groups excluding carboxylic acids is 2. The Bertz CT molecular complexity index is 944. The van der Waals surface area contributed by atoms with Gasteiger partial charge in [0.05, 0.1) is 24.5 Å². The normalized spacial score (nSPS) is 21.4. The van der Waals surface area contributed by atoms with E-state index in [0.717, 1.165) is 24.0 Å². The van der Waals surface area contributed by atoms with Crippen molar-refractivity contribution in [1.82, 2.24) is 15.2 Å². The summed E-state index contributed by atoms with van der Waals surface area (Å²) in [5, 5.41) is 3.23. The maximum absolute atomic E-state index is 12.5. The predicted octanol–water partition coefficient (Wildman–Crippen LogP) is 3.47. The third-order valence-electron chi connectivity index (χ3n) is 6.75. The molecule has 1 aliphatic heterocycles. The number of hydrogen-bond donors (Lipinski definition) is 1. The molecule has 0 radical (unpaired) electrons. The predicted molar refractivity (Wildman–Crippen MR) is 126 cm³/mol. The standard InChI is InChI=1S/C25H31N3O3S/c1-3-21(29)27-23-19-8-4-5-9-20(19)25(10-13-28(14-11-25)22(30)17-32-2)24(23)31-16-18-7-6-12-26-15-18/h4-9,12,15,23-24H,3,10-11,13-14,16-17H2,1-2H3,(H,27,29)/t23-,24+/m0/s1. The number of aromatic nitrogens is 1. The van der Waals surface area contributed by atoms with E-state index in [9.17, 15) is 9.59 Å². The van der Waals surface area contributed by atoms with Crippen LogP contribution in [0.1, 0.15) is 48.9 Å². The lowest BCUT2D eigenvalue weighted by Crippen LogP contribution is -2.52. The van der Waals surface area contributed by atoms with E-state index in [-0.39, 0.29) is 29.4 Å². The number of hydrogen-bond acceptors (Lipinski definition) is 5. The Kier molecular flexibility index (Phi) is 7.16. The minimum atomic E-state index is -0.235. The molecule has 0 unspecified atom stereocenters. The van der Waals surface area contributed by atoms with Crippen molar-refractivity contribution in [2.45, 2.75) is 50.4 Å². The number of piperidine rings is 1. The van der Waals surface area contributed by atoms with Crippen LogP contribution < -0.4 is 5.32 Å². The zero-order valence-corrected chi connectivity index (χ0v) is 19.6. The highest BCUT2D eigenvalue weighted by atomic mass is 32.2. The molecule has 7 heteroatoms. The molecule has 2 aliphatic rings. The maximum Gasteiger partial charge on any atom is 0.232 e. The van der Waals surface area contributed by atoms with Crippen LogP contribution in [-0.4, -0.2) is 52.9 Å². The molecule has 2 aromatic rings. The van der Waals surface area contributed by atoms with Crippen LogP contribution in [0.2, 0.25) is 0 Å². The van der Waals surface area contributed by atoms with Crippen molar-refractivity contribution >= 4 is 23.6 Å². The molecule has 1 N–H and O–H groups in total. The van der Waals surface area contributed by atoms with Gasteiger partial charge in [-0.2, -0.15) is 11.8 Å². The van der Waals surface area contributed by atoms with E-state index in [1.165, 1.54) is 5.56 Å². The molecule has 2 heterocycles. The van der Waals surface area contributed by atoms with Crippen LogP contribution in [0.25, 0.3) is 0 Å². The molecule has 32 heavy (non-hydrogen) atoms. The van der Waals surface area contributed by atoms with Crippen LogP contribution in [0.5, 0.6) is 0 Å². The summed E-state index contributed by atoms with van der Waals surface area (Å²) in [5.41, 5.74) is 3.15. The molecule has 1 aromatic carbocycles. The van der Waals surface area contributed by atoms with Gasteiger partial charge >= 0.3 is 0 Å². The van der Waals surface area contributed by atoms with Crippen LogP contribution in [0, 0.1) is 0 Å². The summed E-state index contributed by atoms with van der Waals surface area (Å²) in [6.45, 7) is 3.71. The van der Waals surface area contributed by atoms with Gasteiger partial charge in [0.15, 0.2) is 0 Å². The van der Waals surface area contributed by atoms with Crippen LogP contribution >= 0.6 is 11.8 Å². The highest BCUT2D eigenvalue weighted by Crippen LogP contribution is 2.52. The summed E-state index contributed by atoms with van der Waals surface area (Å²) in [7, 11) is 0. The number of amides is 2. The van der Waals surface area contributed by atoms with Crippen LogP contribution in [0.4, 0.5) is 0 Å². The maximum atomic E-state index is 12.5. The van der Waals surface area contributed by atoms with E-state index in [1.54, 1.807) is 18.0 Å². The van der Waals surface area contributed by atoms with E-state index >= 15 is 0 Å². The average Bonchev–Trinajstić information content (AvgIpc) is 3.07. The lowest BCUT2D eigenvalue weighted by atomic mass is 9.71. The fraction of sp³-hybridized carbons (Fsp3) is 0.480. The SMILES string of the molecule is CCC(=O)N[C@H]1c2ccccc2C2(CCN(C(=O)CSC)CC2)[C@@H]1OCc1cccnc1. The smallest absolute Gasteiger partial charge is 0.232 e. The number of pyridine rings is 1. The van der Waals surface area contributed by atoms with Crippen LogP contribution in [0.3, 0.4) is 0 Å². The molecular weight excluding hydrogens is 422 g/mol. The molecule has 6 nitrogen and oxygen atoms in total. The molecule has 2 atom stereocenters. The van der Waals surface area contributed by atoms with Crippen LogP contribution in [0.15, 0.2) is 48.8 Å². The number of ether oxygens (including phenoxy) is 1. The fourth-order valence-corrected chi connectivity index (χ4v) is 5.56. The lowest BCUT2D eigenvalue weighted by Gasteiger charge is -2.44. The Hall–Kier alpha value is -2.38. The van der Waals surface area contributed by atoms with Crippen molar-refractivity contribution in [1.29, 1.82) is 0 Å². The third kappa shape index (κ3) is 4.41. The van der Waals surface area contributed by atoms with Crippen molar-refractivity contribution in [2.24, 2.45) is 0 Å². The van der Waals surface area contributed by atoms with Gasteiger partial charge in [-0.25, -0.2) is 0 Å². The number of carbonyl (C=O) groups is 2. The summed E-state index contributed by atoms with van der Waals surface area (Å²) in [4.78, 5) is 31.1. The van der Waals surface area contributed by atoms with Gasteiger partial charge in [0.25, 0.3) is 0 Å². The van der Waals surface area contributed by atoms with Crippen molar-refractivity contribution in [3.63, 3.8) is 0 Å². The first-order chi connectivity index (χ1) is 15.6. The first-order valence-corrected chi connectivity index (χ1v) is 12.6. The van der Waals surface area contributed by atoms with Crippen molar-refractivity contribution in [3.8, 4) is 0 Å². The Morgan fingerprint density at radius 1 is 1.22 bits per heavy atom. The molecule has 1 aliphatic carbocycles. The molecule has 0 bridgehead atoms. The Morgan fingerprint density at radius 3 is 2.69 bits per heavy atom. The Morgan fingerprint density at radius 2 is 2.00 bits per heavy atom. The highest BCUT2D eigenvalue weighted by Gasteiger charge is 2.54. The summed E-state index contributed by atoms with van der Waals surface area (Å²) in [5.74, 6) is 0.728. The summed E-state index contributed by atoms with van der Waals surface area (Å²) < 4.78 is 6.60. The van der Waals surface area contributed by atoms with Gasteiger partial charge < -0.3 is 15.0 Å². The van der Waals surface area contributed by atoms with Crippen LogP contribution in [-0.2, 0) is 26.3 Å². The first kappa shape index (κ1) is 22.8. The zero-order chi connectivity index (χ0) is 22.6. The molecule has 1 spiro atoms. The molecular formula is C25H31N3O3S. The van der Waals surface area contributed by atoms with E-state index in [4.69, 9.17) is 4.74 Å². The molecule has 4 rings (SSSR count). The summed E-state index contributed by atoms with van der Waals surface area (Å²) in [6.07, 6.45) is 7.40. The second-order valence-electron chi connectivity index (χ2n) is 8.55. The van der Waals surface area contributed by atoms with Gasteiger partial charge in [-0.3, -0.25) is 14.6 Å². The topological polar surface area (TPSA) is 71.5 Å². The highest BCUT2D eigenvalue weighted by molar-refractivity contribution is 7.99. The molecule has 1 fully saturated rings. The fourth-order valence-electron chi connectivity index (χ4n) is 5.13. The molecule has 1 saturated heterocycles. The van der Waals surface area contributed by atoms with E-state index in [0.29, 0.717) is 31.9 Å². The van der Waals surface area contributed by atoms with E-state index in [2.05, 4.69) is 28.5 Å². The minimum absolute atomic E-state index is 0.0180. The number of thioether (sulfide) groups is 1. The number of likely N-dealkylation sites (tertiary alicyclic amines) is 1. The molecule has 2 amide bonds. The van der Waals surface area contributed by atoms with Gasteiger partial charge in [-0.05, 0) is 41.9 Å². The molecule has 0 saturated carbocycles. The Labute approximate surface area is 194 Å². The summed E-state index contributed by atoms with van der Waals surface area (Å²) >= 11 is 1.56. The second kappa shape index (κ2) is 10.0. The minimum Gasteiger partial charge on any atom is -0.370 e. The number of fused-ring (bicyclic) bond motifs is 2. The lowest BCUT2D eigenvalue weighted by molar-refractivity contribution is -0.131. The Balaban J connectivity index is 1.65. The largest absolute Gasteiger partial charge is 0.370 e. The van der Waals surface area contributed by atoms with Gasteiger partial charge in [-0.15, -0.1) is 0 Å². The monoisotopic (exact) mass is 453 g/mol. The van der Waals surface area contributed by atoms with Crippen molar-refractivity contribution in [2.75, 3.05) is 25.1 Å². The van der Waals surface area contributed by atoms with Crippen molar-refractivity contribution < 1.29 is 14.3 Å². The van der Waals surface area contributed by atoms with Gasteiger partial charge in [0, 0.05) is 37.3 Å². The van der Waals surface area contributed by atoms with Gasteiger partial charge in [-0.1, -0.05) is 37.3 Å². The first-order valence-electron chi connectivity index (χ1n) is 11.2. The van der Waals surface area contributed by atoms with Gasteiger partial charge in [0.2, 0.25) is 11.8 Å². The molecule has 1 aromatic heterocycles. The quantitative estimate of drug-likeness (QED) is 0.695. The number of benzene rings is 1. The van der Waals surface area contributed by atoms with E-state index < -0.39 is 0 Å².